The summed E-state index contributed by atoms with van der Waals surface area (Å²) >= 11 is 0. The Balaban J connectivity index is 1.57. The molecule has 0 N–H and O–H groups in total. The van der Waals surface area contributed by atoms with Gasteiger partial charge in [-0.25, -0.2) is 9.67 Å². The molecule has 0 saturated carbocycles. The molecule has 0 amide bonds. The van der Waals surface area contributed by atoms with Crippen molar-refractivity contribution in [3.8, 4) is 11.4 Å². The quantitative estimate of drug-likeness (QED) is 0.567. The molecule has 3 aromatic heterocycles. The van der Waals surface area contributed by atoms with Crippen LogP contribution in [-0.4, -0.2) is 30.1 Å². The molecule has 0 fully saturated rings. The Morgan fingerprint density at radius 3 is 2.60 bits per heavy atom. The Morgan fingerprint density at radius 1 is 1.08 bits per heavy atom. The van der Waals surface area contributed by atoms with Gasteiger partial charge in [-0.3, -0.25) is 0 Å². The highest BCUT2D eigenvalue weighted by atomic mass is 19.4. The molecule has 0 radical (unpaired) electrons. The Hall–Kier alpha value is -3.30. The van der Waals surface area contributed by atoms with Crippen LogP contribution in [0.4, 0.5) is 13.2 Å². The summed E-state index contributed by atoms with van der Waals surface area (Å²) in [5, 5.41) is 11.4. The molecule has 0 bridgehead atoms. The zero-order chi connectivity index (χ0) is 17.4. The number of halogens is 3. The van der Waals surface area contributed by atoms with Crippen LogP contribution >= 0.6 is 0 Å². The van der Waals surface area contributed by atoms with Gasteiger partial charge in [0.2, 0.25) is 5.82 Å². The second-order valence-electron chi connectivity index (χ2n) is 5.21. The van der Waals surface area contributed by atoms with Gasteiger partial charge in [0.25, 0.3) is 0 Å². The van der Waals surface area contributed by atoms with E-state index in [-0.39, 0.29) is 5.82 Å². The first-order valence-electron chi connectivity index (χ1n) is 7.15. The molecule has 0 saturated heterocycles. The summed E-state index contributed by atoms with van der Waals surface area (Å²) in [5.41, 5.74) is 2.63. The number of benzene rings is 1. The van der Waals surface area contributed by atoms with Crippen molar-refractivity contribution in [1.29, 1.82) is 0 Å². The van der Waals surface area contributed by atoms with E-state index in [9.17, 15) is 13.2 Å². The summed E-state index contributed by atoms with van der Waals surface area (Å²) in [5.74, 6) is -1.49. The zero-order valence-corrected chi connectivity index (χ0v) is 12.5. The Bertz CT molecular complexity index is 1020. The molecule has 0 aliphatic carbocycles. The van der Waals surface area contributed by atoms with E-state index in [4.69, 9.17) is 0 Å². The monoisotopic (exact) mass is 346 g/mol. The third kappa shape index (κ3) is 2.93. The predicted molar refractivity (Wildman–Crippen MR) is 79.2 cm³/mol. The van der Waals surface area contributed by atoms with Gasteiger partial charge in [0.15, 0.2) is 5.65 Å². The average Bonchev–Trinajstić information content (AvgIpc) is 3.23. The van der Waals surface area contributed by atoms with Gasteiger partial charge in [0.05, 0.1) is 6.54 Å². The smallest absolute Gasteiger partial charge is 0.329 e. The molecular weight excluding hydrogens is 337 g/mol. The SMILES string of the molecule is FC(F)(F)c1nc(-c2ccc(Cn3nnc4cccnc43)cc2)no1. The zero-order valence-electron chi connectivity index (χ0n) is 12.5. The minimum absolute atomic E-state index is 0.119. The number of pyridine rings is 1. The maximum Gasteiger partial charge on any atom is 0.471 e. The molecule has 126 valence electrons. The number of alkyl halides is 3. The molecule has 25 heavy (non-hydrogen) atoms. The van der Waals surface area contributed by atoms with E-state index < -0.39 is 12.1 Å². The van der Waals surface area contributed by atoms with Gasteiger partial charge in [-0.1, -0.05) is 34.6 Å². The normalized spacial score (nSPS) is 12.0. The van der Waals surface area contributed by atoms with Gasteiger partial charge >= 0.3 is 12.1 Å². The first-order valence-corrected chi connectivity index (χ1v) is 7.15. The van der Waals surface area contributed by atoms with Gasteiger partial charge in [-0.2, -0.15) is 18.2 Å². The highest BCUT2D eigenvalue weighted by molar-refractivity contribution is 5.68. The number of nitrogens with zero attached hydrogens (tertiary/aromatic N) is 6. The lowest BCUT2D eigenvalue weighted by atomic mass is 10.1. The van der Waals surface area contributed by atoms with Crippen LogP contribution in [0.25, 0.3) is 22.6 Å². The lowest BCUT2D eigenvalue weighted by molar-refractivity contribution is -0.159. The molecule has 4 rings (SSSR count). The van der Waals surface area contributed by atoms with Crippen molar-refractivity contribution in [2.75, 3.05) is 0 Å². The summed E-state index contributed by atoms with van der Waals surface area (Å²) < 4.78 is 43.4. The Labute approximate surface area is 138 Å². The van der Waals surface area contributed by atoms with Crippen LogP contribution in [0, 0.1) is 0 Å². The molecule has 1 aromatic carbocycles. The first-order chi connectivity index (χ1) is 12.0. The van der Waals surface area contributed by atoms with Crippen molar-refractivity contribution in [2.24, 2.45) is 0 Å². The van der Waals surface area contributed by atoms with Gasteiger partial charge < -0.3 is 4.52 Å². The van der Waals surface area contributed by atoms with Crippen molar-refractivity contribution >= 4 is 11.2 Å². The van der Waals surface area contributed by atoms with Crippen LogP contribution in [0.5, 0.6) is 0 Å². The van der Waals surface area contributed by atoms with Gasteiger partial charge in [-0.05, 0) is 17.7 Å². The third-order valence-electron chi connectivity index (χ3n) is 3.48. The Morgan fingerprint density at radius 2 is 1.88 bits per heavy atom. The number of fused-ring (bicyclic) bond motifs is 1. The minimum atomic E-state index is -4.66. The van der Waals surface area contributed by atoms with E-state index in [0.717, 1.165) is 5.56 Å². The van der Waals surface area contributed by atoms with E-state index >= 15 is 0 Å². The number of aromatic nitrogens is 6. The Kier molecular flexibility index (Phi) is 3.45. The minimum Gasteiger partial charge on any atom is -0.329 e. The maximum atomic E-state index is 12.5. The molecule has 4 aromatic rings. The van der Waals surface area contributed by atoms with E-state index in [1.807, 2.05) is 6.07 Å². The second-order valence-corrected chi connectivity index (χ2v) is 5.21. The van der Waals surface area contributed by atoms with Crippen LogP contribution < -0.4 is 0 Å². The predicted octanol–water partition coefficient (Wildman–Crippen LogP) is 2.94. The van der Waals surface area contributed by atoms with Crippen LogP contribution in [0.2, 0.25) is 0 Å². The third-order valence-corrected chi connectivity index (χ3v) is 3.48. The van der Waals surface area contributed by atoms with E-state index in [0.29, 0.717) is 23.3 Å². The molecule has 0 aliphatic heterocycles. The summed E-state index contributed by atoms with van der Waals surface area (Å²) in [6.07, 6.45) is -3.01. The van der Waals surface area contributed by atoms with Crippen LogP contribution in [-0.2, 0) is 12.7 Å². The molecule has 0 spiro atoms. The van der Waals surface area contributed by atoms with E-state index in [1.54, 1.807) is 41.2 Å². The highest BCUT2D eigenvalue weighted by Gasteiger charge is 2.38. The second kappa shape index (κ2) is 5.65. The van der Waals surface area contributed by atoms with Crippen molar-refractivity contribution < 1.29 is 17.7 Å². The first kappa shape index (κ1) is 15.2. The molecule has 3 heterocycles. The topological polar surface area (TPSA) is 82.5 Å². The van der Waals surface area contributed by atoms with Gasteiger partial charge in [-0.15, -0.1) is 5.10 Å². The summed E-state index contributed by atoms with van der Waals surface area (Å²) in [4.78, 5) is 7.58. The number of hydrogen-bond donors (Lipinski definition) is 0. The van der Waals surface area contributed by atoms with Crippen LogP contribution in [0.3, 0.4) is 0 Å². The van der Waals surface area contributed by atoms with Crippen molar-refractivity contribution in [3.05, 3.63) is 54.0 Å². The molecule has 0 atom stereocenters. The molecule has 0 unspecified atom stereocenters. The summed E-state index contributed by atoms with van der Waals surface area (Å²) in [6, 6.07) is 10.3. The maximum absolute atomic E-state index is 12.5. The van der Waals surface area contributed by atoms with Gasteiger partial charge in [0.1, 0.15) is 5.52 Å². The van der Waals surface area contributed by atoms with Crippen LogP contribution in [0.1, 0.15) is 11.5 Å². The standard InChI is InChI=1S/C15H9F3N6O/c16-15(17,18)14-20-12(22-25-14)10-5-3-9(4-6-10)8-24-13-11(21-23-24)2-1-7-19-13/h1-7H,8H2. The molecule has 7 nitrogen and oxygen atoms in total. The molecule has 10 heteroatoms. The number of rotatable bonds is 3. The largest absolute Gasteiger partial charge is 0.471 e. The number of hydrogen-bond acceptors (Lipinski definition) is 6. The average molecular weight is 346 g/mol. The lowest BCUT2D eigenvalue weighted by Gasteiger charge is -2.03. The van der Waals surface area contributed by atoms with Gasteiger partial charge in [0, 0.05) is 11.8 Å². The van der Waals surface area contributed by atoms with E-state index in [2.05, 4.69) is 30.0 Å². The molecule has 0 aliphatic rings. The fraction of sp³-hybridized carbons (Fsp3) is 0.133. The lowest BCUT2D eigenvalue weighted by Crippen LogP contribution is -2.04. The van der Waals surface area contributed by atoms with Crippen LogP contribution in [0.15, 0.2) is 47.1 Å². The fourth-order valence-electron chi connectivity index (χ4n) is 2.30. The summed E-state index contributed by atoms with van der Waals surface area (Å²) in [7, 11) is 0. The van der Waals surface area contributed by atoms with Crippen molar-refractivity contribution in [1.82, 2.24) is 30.1 Å². The fourth-order valence-corrected chi connectivity index (χ4v) is 2.30. The van der Waals surface area contributed by atoms with Crippen molar-refractivity contribution in [3.63, 3.8) is 0 Å². The molecular formula is C15H9F3N6O. The van der Waals surface area contributed by atoms with E-state index in [1.165, 1.54) is 0 Å². The van der Waals surface area contributed by atoms with Crippen molar-refractivity contribution in [2.45, 2.75) is 12.7 Å². The summed E-state index contributed by atoms with van der Waals surface area (Å²) in [6.45, 7) is 0.424. The highest BCUT2D eigenvalue weighted by Crippen LogP contribution is 2.29.